The van der Waals surface area contributed by atoms with Gasteiger partial charge >= 0.3 is 12.2 Å². The molecular weight excluding hydrogens is 530 g/mol. The molecule has 40 heavy (non-hydrogen) atoms. The zero-order valence-electron chi connectivity index (χ0n) is 21.8. The Morgan fingerprint density at radius 3 is 2.70 bits per heavy atom. The minimum Gasteiger partial charge on any atom is -0.475 e. The number of H-pyrrole nitrogens is 1. The molecule has 5 heterocycles. The molecule has 13 heteroatoms. The van der Waals surface area contributed by atoms with E-state index in [9.17, 15) is 13.2 Å². The van der Waals surface area contributed by atoms with E-state index in [1.54, 1.807) is 18.5 Å². The van der Waals surface area contributed by atoms with Crippen molar-refractivity contribution in [2.45, 2.75) is 39.0 Å². The van der Waals surface area contributed by atoms with Crippen molar-refractivity contribution in [1.82, 2.24) is 30.1 Å². The van der Waals surface area contributed by atoms with Crippen LogP contribution in [0, 0.1) is 12.7 Å². The van der Waals surface area contributed by atoms with E-state index in [4.69, 9.17) is 9.47 Å². The molecule has 0 aliphatic carbocycles. The molecule has 4 aromatic heterocycles. The molecule has 1 unspecified atom stereocenters. The first kappa shape index (κ1) is 25.7. The van der Waals surface area contributed by atoms with E-state index >= 15 is 4.39 Å². The maximum Gasteiger partial charge on any atom is 0.417 e. The Morgan fingerprint density at radius 2 is 2.00 bits per heavy atom. The topological polar surface area (TPSA) is 102 Å². The number of alkyl halides is 3. The second kappa shape index (κ2) is 9.28. The van der Waals surface area contributed by atoms with Gasteiger partial charge in [0.25, 0.3) is 0 Å². The van der Waals surface area contributed by atoms with Crippen molar-refractivity contribution < 1.29 is 27.0 Å². The van der Waals surface area contributed by atoms with Gasteiger partial charge < -0.3 is 14.4 Å². The van der Waals surface area contributed by atoms with Crippen LogP contribution in [0.2, 0.25) is 0 Å². The SMILES string of the molecule is COc1nc2c3c(nc(-c4c(C(F)(F)F)c(C)cc5[nH]ncc45)c(F)c3n1)OC[C@H](C)N2C(C)c1cccnc1. The molecule has 0 fully saturated rings. The summed E-state index contributed by atoms with van der Waals surface area (Å²) in [7, 11) is 1.33. The predicted molar refractivity (Wildman–Crippen MR) is 139 cm³/mol. The fraction of sp³-hybridized carbons (Fsp3) is 0.296. The number of hydrogen-bond acceptors (Lipinski definition) is 8. The molecule has 206 valence electrons. The molecule has 0 amide bonds. The van der Waals surface area contributed by atoms with Crippen LogP contribution in [0.25, 0.3) is 33.1 Å². The van der Waals surface area contributed by atoms with Gasteiger partial charge in [-0.15, -0.1) is 0 Å². The summed E-state index contributed by atoms with van der Waals surface area (Å²) in [5.41, 5.74) is -1.24. The van der Waals surface area contributed by atoms with Gasteiger partial charge in [-0.2, -0.15) is 28.2 Å². The number of nitrogens with zero attached hydrogens (tertiary/aromatic N) is 6. The monoisotopic (exact) mass is 553 g/mol. The van der Waals surface area contributed by atoms with Crippen LogP contribution in [0.3, 0.4) is 0 Å². The summed E-state index contributed by atoms with van der Waals surface area (Å²) in [4.78, 5) is 19.2. The number of aryl methyl sites for hydroxylation is 1. The van der Waals surface area contributed by atoms with Gasteiger partial charge in [0, 0.05) is 23.3 Å². The first-order valence-corrected chi connectivity index (χ1v) is 12.4. The molecule has 1 aliphatic heterocycles. The second-order valence-electron chi connectivity index (χ2n) is 9.64. The summed E-state index contributed by atoms with van der Waals surface area (Å²) in [6, 6.07) is 4.28. The summed E-state index contributed by atoms with van der Waals surface area (Å²) in [5, 5.41) is 6.75. The number of aromatic nitrogens is 6. The highest BCUT2D eigenvalue weighted by atomic mass is 19.4. The van der Waals surface area contributed by atoms with E-state index in [1.807, 2.05) is 24.8 Å². The zero-order chi connectivity index (χ0) is 28.3. The van der Waals surface area contributed by atoms with Crippen molar-refractivity contribution in [2.75, 3.05) is 18.6 Å². The van der Waals surface area contributed by atoms with E-state index in [2.05, 4.69) is 30.1 Å². The van der Waals surface area contributed by atoms with E-state index in [-0.39, 0.29) is 58.3 Å². The van der Waals surface area contributed by atoms with Gasteiger partial charge in [0.2, 0.25) is 5.88 Å². The van der Waals surface area contributed by atoms with E-state index in [1.165, 1.54) is 26.3 Å². The molecule has 1 aliphatic rings. The van der Waals surface area contributed by atoms with E-state index in [0.29, 0.717) is 5.52 Å². The lowest BCUT2D eigenvalue weighted by molar-refractivity contribution is -0.137. The summed E-state index contributed by atoms with van der Waals surface area (Å²) >= 11 is 0. The predicted octanol–water partition coefficient (Wildman–Crippen LogP) is 5.79. The van der Waals surface area contributed by atoms with Gasteiger partial charge in [-0.25, -0.2) is 9.37 Å². The molecule has 9 nitrogen and oxygen atoms in total. The number of nitrogens with one attached hydrogen (secondary N) is 1. The van der Waals surface area contributed by atoms with Crippen LogP contribution in [0.1, 0.15) is 36.6 Å². The lowest BCUT2D eigenvalue weighted by atomic mass is 9.94. The van der Waals surface area contributed by atoms with Crippen molar-refractivity contribution in [3.8, 4) is 23.1 Å². The Bertz CT molecular complexity index is 1760. The zero-order valence-corrected chi connectivity index (χ0v) is 21.8. The van der Waals surface area contributed by atoms with E-state index in [0.717, 1.165) is 5.56 Å². The van der Waals surface area contributed by atoms with Crippen molar-refractivity contribution >= 4 is 27.6 Å². The number of hydrogen-bond donors (Lipinski definition) is 1. The fourth-order valence-electron chi connectivity index (χ4n) is 5.33. The quantitative estimate of drug-likeness (QED) is 0.279. The highest BCUT2D eigenvalue weighted by molar-refractivity contribution is 6.02. The molecule has 0 bridgehead atoms. The van der Waals surface area contributed by atoms with Gasteiger partial charge in [-0.05, 0) is 44.0 Å². The normalized spacial score (nSPS) is 16.2. The average molecular weight is 554 g/mol. The van der Waals surface area contributed by atoms with Crippen molar-refractivity contribution in [3.63, 3.8) is 0 Å². The number of benzene rings is 1. The number of anilines is 1. The van der Waals surface area contributed by atoms with Crippen molar-refractivity contribution in [3.05, 3.63) is 59.3 Å². The van der Waals surface area contributed by atoms with Gasteiger partial charge in [0.15, 0.2) is 5.82 Å². The number of aromatic amines is 1. The third-order valence-electron chi connectivity index (χ3n) is 7.12. The standard InChI is InChI=1S/C27H23F4N7O2/c1-12-8-17-16(10-33-37-17)18(20(12)27(29,30)31)22-21(28)23-19-24(36-26(35-23)39-4)38(13(2)11-40-25(19)34-22)14(3)15-6-5-7-32-9-15/h5-10,13-14H,11H2,1-4H3,(H,33,37)/t13-,14?/m0/s1. The van der Waals surface area contributed by atoms with Gasteiger partial charge in [-0.1, -0.05) is 6.07 Å². The van der Waals surface area contributed by atoms with Gasteiger partial charge in [0.1, 0.15) is 29.0 Å². The highest BCUT2D eigenvalue weighted by Crippen LogP contribution is 2.47. The third-order valence-corrected chi connectivity index (χ3v) is 7.12. The third kappa shape index (κ3) is 3.95. The molecule has 1 N–H and O–H groups in total. The number of halogens is 4. The average Bonchev–Trinajstić information content (AvgIpc) is 3.34. The minimum atomic E-state index is -4.80. The van der Waals surface area contributed by atoms with Crippen LogP contribution in [-0.2, 0) is 6.18 Å². The molecule has 0 spiro atoms. The molecular formula is C27H23F4N7O2. The molecule has 0 saturated heterocycles. The molecule has 0 saturated carbocycles. The lowest BCUT2D eigenvalue weighted by Crippen LogP contribution is -2.39. The molecule has 1 aromatic carbocycles. The Morgan fingerprint density at radius 1 is 1.20 bits per heavy atom. The Hall–Kier alpha value is -4.55. The number of ether oxygens (including phenoxy) is 2. The number of rotatable bonds is 4. The maximum absolute atomic E-state index is 16.5. The number of fused-ring (bicyclic) bond motifs is 1. The van der Waals surface area contributed by atoms with Crippen LogP contribution < -0.4 is 14.4 Å². The van der Waals surface area contributed by atoms with E-state index < -0.39 is 28.8 Å². The number of methoxy groups -OCH3 is 1. The molecule has 6 rings (SSSR count). The van der Waals surface area contributed by atoms with Crippen molar-refractivity contribution in [2.24, 2.45) is 0 Å². The van der Waals surface area contributed by atoms with Crippen LogP contribution >= 0.6 is 0 Å². The molecule has 0 radical (unpaired) electrons. The van der Waals surface area contributed by atoms with Crippen LogP contribution in [0.15, 0.2) is 36.8 Å². The summed E-state index contributed by atoms with van der Waals surface area (Å²) in [5.74, 6) is -0.862. The summed E-state index contributed by atoms with van der Waals surface area (Å²) < 4.78 is 71.1. The summed E-state index contributed by atoms with van der Waals surface area (Å²) in [6.07, 6.45) is -0.213. The van der Waals surface area contributed by atoms with Crippen LogP contribution in [-0.4, -0.2) is 49.9 Å². The molecule has 2 atom stereocenters. The molecule has 5 aromatic rings. The number of pyridine rings is 2. The largest absolute Gasteiger partial charge is 0.475 e. The van der Waals surface area contributed by atoms with Crippen LogP contribution in [0.5, 0.6) is 11.9 Å². The minimum absolute atomic E-state index is 0.0611. The Kier molecular flexibility index (Phi) is 5.97. The maximum atomic E-state index is 16.5. The first-order chi connectivity index (χ1) is 19.1. The second-order valence-corrected chi connectivity index (χ2v) is 9.64. The van der Waals surface area contributed by atoms with Gasteiger partial charge in [-0.3, -0.25) is 10.1 Å². The fourth-order valence-corrected chi connectivity index (χ4v) is 5.33. The summed E-state index contributed by atoms with van der Waals surface area (Å²) in [6.45, 7) is 5.24. The Balaban J connectivity index is 1.69. The lowest BCUT2D eigenvalue weighted by Gasteiger charge is -2.34. The van der Waals surface area contributed by atoms with Crippen molar-refractivity contribution in [1.29, 1.82) is 0 Å². The first-order valence-electron chi connectivity index (χ1n) is 12.4. The van der Waals surface area contributed by atoms with Crippen LogP contribution in [0.4, 0.5) is 23.4 Å². The van der Waals surface area contributed by atoms with Gasteiger partial charge in [0.05, 0.1) is 36.5 Å². The Labute approximate surface area is 225 Å². The highest BCUT2D eigenvalue weighted by Gasteiger charge is 2.40. The smallest absolute Gasteiger partial charge is 0.417 e.